The zero-order chi connectivity index (χ0) is 14.7. The minimum Gasteiger partial charge on any atom is -0.497 e. The number of hydrogen-bond donors (Lipinski definition) is 1. The van der Waals surface area contributed by atoms with E-state index in [0.29, 0.717) is 12.1 Å². The molecule has 2 aromatic carbocycles. The van der Waals surface area contributed by atoms with Crippen LogP contribution in [0.4, 0.5) is 8.78 Å². The molecule has 0 spiro atoms. The Morgan fingerprint density at radius 1 is 1.10 bits per heavy atom. The highest BCUT2D eigenvalue weighted by Gasteiger charge is 2.16. The summed E-state index contributed by atoms with van der Waals surface area (Å²) in [5, 5.41) is 3.02. The van der Waals surface area contributed by atoms with Crippen molar-refractivity contribution in [1.29, 1.82) is 0 Å². The third-order valence-electron chi connectivity index (χ3n) is 3.20. The number of rotatable bonds is 4. The highest BCUT2D eigenvalue weighted by atomic mass is 19.1. The molecule has 20 heavy (non-hydrogen) atoms. The molecule has 0 unspecified atom stereocenters. The molecule has 0 aliphatic carbocycles. The van der Waals surface area contributed by atoms with Crippen molar-refractivity contribution in [2.45, 2.75) is 13.5 Å². The van der Waals surface area contributed by atoms with Crippen LogP contribution < -0.4 is 10.1 Å². The SMILES string of the molecule is CNCc1ccc(C)c(-c2c(F)cc(OC)cc2F)c1. The van der Waals surface area contributed by atoms with Gasteiger partial charge in [-0.25, -0.2) is 8.78 Å². The number of halogens is 2. The highest BCUT2D eigenvalue weighted by Crippen LogP contribution is 2.32. The van der Waals surface area contributed by atoms with Crippen LogP contribution in [0.15, 0.2) is 30.3 Å². The lowest BCUT2D eigenvalue weighted by molar-refractivity contribution is 0.407. The van der Waals surface area contributed by atoms with Gasteiger partial charge in [-0.05, 0) is 36.7 Å². The van der Waals surface area contributed by atoms with E-state index in [2.05, 4.69) is 5.32 Å². The van der Waals surface area contributed by atoms with E-state index in [1.807, 2.05) is 26.1 Å². The van der Waals surface area contributed by atoms with Gasteiger partial charge in [0.1, 0.15) is 17.4 Å². The molecule has 1 N–H and O–H groups in total. The van der Waals surface area contributed by atoms with Crippen molar-refractivity contribution < 1.29 is 13.5 Å². The average molecular weight is 277 g/mol. The van der Waals surface area contributed by atoms with E-state index in [4.69, 9.17) is 4.74 Å². The van der Waals surface area contributed by atoms with Gasteiger partial charge in [-0.3, -0.25) is 0 Å². The van der Waals surface area contributed by atoms with Crippen LogP contribution in [0.25, 0.3) is 11.1 Å². The lowest BCUT2D eigenvalue weighted by Crippen LogP contribution is -2.05. The molecule has 2 aromatic rings. The number of benzene rings is 2. The number of methoxy groups -OCH3 is 1. The van der Waals surface area contributed by atoms with Gasteiger partial charge in [0.05, 0.1) is 12.7 Å². The maximum Gasteiger partial charge on any atom is 0.137 e. The maximum atomic E-state index is 14.1. The molecule has 0 radical (unpaired) electrons. The molecule has 0 heterocycles. The Labute approximate surface area is 117 Å². The minimum atomic E-state index is -0.619. The molecule has 4 heteroatoms. The Morgan fingerprint density at radius 2 is 1.75 bits per heavy atom. The van der Waals surface area contributed by atoms with E-state index in [0.717, 1.165) is 11.1 Å². The second kappa shape index (κ2) is 6.01. The lowest BCUT2D eigenvalue weighted by atomic mass is 9.97. The van der Waals surface area contributed by atoms with E-state index >= 15 is 0 Å². The topological polar surface area (TPSA) is 21.3 Å². The Bertz CT molecular complexity index is 603. The normalized spacial score (nSPS) is 10.7. The number of ether oxygens (including phenoxy) is 1. The average Bonchev–Trinajstić information content (AvgIpc) is 2.41. The van der Waals surface area contributed by atoms with E-state index in [9.17, 15) is 8.78 Å². The summed E-state index contributed by atoms with van der Waals surface area (Å²) in [6.45, 7) is 2.48. The van der Waals surface area contributed by atoms with Crippen molar-refractivity contribution >= 4 is 0 Å². The maximum absolute atomic E-state index is 14.1. The predicted octanol–water partition coefficient (Wildman–Crippen LogP) is 3.67. The smallest absolute Gasteiger partial charge is 0.137 e. The summed E-state index contributed by atoms with van der Waals surface area (Å²) in [7, 11) is 3.21. The van der Waals surface area contributed by atoms with Crippen LogP contribution in [0.3, 0.4) is 0 Å². The third kappa shape index (κ3) is 2.80. The molecule has 0 saturated carbocycles. The minimum absolute atomic E-state index is 0.0127. The summed E-state index contributed by atoms with van der Waals surface area (Å²) in [4.78, 5) is 0. The molecular formula is C16H17F2NO. The first-order valence-electron chi connectivity index (χ1n) is 6.34. The second-order valence-corrected chi connectivity index (χ2v) is 4.65. The lowest BCUT2D eigenvalue weighted by Gasteiger charge is -2.12. The first-order valence-corrected chi connectivity index (χ1v) is 6.34. The van der Waals surface area contributed by atoms with Crippen LogP contribution >= 0.6 is 0 Å². The van der Waals surface area contributed by atoms with Crippen LogP contribution in [0.1, 0.15) is 11.1 Å². The van der Waals surface area contributed by atoms with Crippen LogP contribution in [-0.4, -0.2) is 14.2 Å². The molecular weight excluding hydrogens is 260 g/mol. The van der Waals surface area contributed by atoms with Gasteiger partial charge in [0, 0.05) is 18.7 Å². The van der Waals surface area contributed by atoms with Crippen molar-refractivity contribution in [1.82, 2.24) is 5.32 Å². The number of hydrogen-bond acceptors (Lipinski definition) is 2. The fourth-order valence-electron chi connectivity index (χ4n) is 2.18. The zero-order valence-electron chi connectivity index (χ0n) is 11.8. The van der Waals surface area contributed by atoms with Gasteiger partial charge in [-0.2, -0.15) is 0 Å². The molecule has 2 nitrogen and oxygen atoms in total. The first-order chi connectivity index (χ1) is 9.56. The Hall–Kier alpha value is -1.94. The fourth-order valence-corrected chi connectivity index (χ4v) is 2.18. The number of aryl methyl sites for hydroxylation is 1. The van der Waals surface area contributed by atoms with E-state index in [1.54, 1.807) is 6.07 Å². The van der Waals surface area contributed by atoms with E-state index in [1.165, 1.54) is 19.2 Å². The van der Waals surface area contributed by atoms with Crippen LogP contribution in [0, 0.1) is 18.6 Å². The van der Waals surface area contributed by atoms with Crippen LogP contribution in [-0.2, 0) is 6.54 Å². The van der Waals surface area contributed by atoms with Gasteiger partial charge in [0.2, 0.25) is 0 Å². The monoisotopic (exact) mass is 277 g/mol. The summed E-state index contributed by atoms with van der Waals surface area (Å²) < 4.78 is 33.2. The van der Waals surface area contributed by atoms with Gasteiger partial charge in [-0.1, -0.05) is 12.1 Å². The largest absolute Gasteiger partial charge is 0.497 e. The molecule has 0 fully saturated rings. The second-order valence-electron chi connectivity index (χ2n) is 4.65. The zero-order valence-corrected chi connectivity index (χ0v) is 11.8. The van der Waals surface area contributed by atoms with E-state index < -0.39 is 11.6 Å². The molecule has 0 atom stereocenters. The Balaban J connectivity index is 2.58. The number of nitrogens with one attached hydrogen (secondary N) is 1. The van der Waals surface area contributed by atoms with Crippen molar-refractivity contribution in [3.63, 3.8) is 0 Å². The van der Waals surface area contributed by atoms with Crippen molar-refractivity contribution in [2.24, 2.45) is 0 Å². The molecule has 0 aromatic heterocycles. The van der Waals surface area contributed by atoms with E-state index in [-0.39, 0.29) is 11.3 Å². The predicted molar refractivity (Wildman–Crippen MR) is 75.8 cm³/mol. The van der Waals surface area contributed by atoms with Crippen molar-refractivity contribution in [3.05, 3.63) is 53.1 Å². The van der Waals surface area contributed by atoms with Gasteiger partial charge in [-0.15, -0.1) is 0 Å². The summed E-state index contributed by atoms with van der Waals surface area (Å²) in [5.41, 5.74) is 2.35. The highest BCUT2D eigenvalue weighted by molar-refractivity contribution is 5.70. The molecule has 2 rings (SSSR count). The quantitative estimate of drug-likeness (QED) is 0.920. The Morgan fingerprint density at radius 3 is 2.30 bits per heavy atom. The standard InChI is InChI=1S/C16H17F2NO/c1-10-4-5-11(9-19-2)6-13(10)16-14(17)7-12(20-3)8-15(16)18/h4-8,19H,9H2,1-3H3. The Kier molecular flexibility index (Phi) is 4.35. The summed E-state index contributed by atoms with van der Waals surface area (Å²) >= 11 is 0. The van der Waals surface area contributed by atoms with Gasteiger partial charge in [0.25, 0.3) is 0 Å². The first kappa shape index (κ1) is 14.5. The summed E-state index contributed by atoms with van der Waals surface area (Å²) in [5.74, 6) is -1.06. The van der Waals surface area contributed by atoms with Gasteiger partial charge >= 0.3 is 0 Å². The molecule has 0 saturated heterocycles. The summed E-state index contributed by atoms with van der Waals surface area (Å²) in [6, 6.07) is 8.00. The molecule has 0 aliphatic rings. The van der Waals surface area contributed by atoms with Crippen molar-refractivity contribution in [2.75, 3.05) is 14.2 Å². The fraction of sp³-hybridized carbons (Fsp3) is 0.250. The molecule has 0 amide bonds. The van der Waals surface area contributed by atoms with Crippen LogP contribution in [0.5, 0.6) is 5.75 Å². The molecule has 0 aliphatic heterocycles. The third-order valence-corrected chi connectivity index (χ3v) is 3.20. The summed E-state index contributed by atoms with van der Waals surface area (Å²) in [6.07, 6.45) is 0. The molecule has 0 bridgehead atoms. The van der Waals surface area contributed by atoms with Crippen molar-refractivity contribution in [3.8, 4) is 16.9 Å². The van der Waals surface area contributed by atoms with Crippen LogP contribution in [0.2, 0.25) is 0 Å². The molecule has 106 valence electrons. The van der Waals surface area contributed by atoms with Gasteiger partial charge in [0.15, 0.2) is 0 Å². The van der Waals surface area contributed by atoms with Gasteiger partial charge < -0.3 is 10.1 Å².